The lowest BCUT2D eigenvalue weighted by Gasteiger charge is -2.16. The van der Waals surface area contributed by atoms with Crippen molar-refractivity contribution in [3.05, 3.63) is 33.1 Å². The predicted molar refractivity (Wildman–Crippen MR) is 63.4 cm³/mol. The molecule has 0 saturated heterocycles. The zero-order chi connectivity index (χ0) is 14.2. The molecule has 18 heavy (non-hydrogen) atoms. The molecule has 0 amide bonds. The van der Waals surface area contributed by atoms with Crippen LogP contribution in [0.1, 0.15) is 11.1 Å². The molecule has 0 N–H and O–H groups in total. The number of nitro groups is 1. The number of sulfonamides is 1. The van der Waals surface area contributed by atoms with Crippen LogP contribution in [0.3, 0.4) is 0 Å². The summed E-state index contributed by atoms with van der Waals surface area (Å²) in [5, 5.41) is 10.8. The highest BCUT2D eigenvalue weighted by Gasteiger charge is 2.30. The number of aryl methyl sites for hydroxylation is 1. The van der Waals surface area contributed by atoms with Crippen molar-refractivity contribution in [2.75, 3.05) is 14.1 Å². The zero-order valence-corrected chi connectivity index (χ0v) is 11.2. The highest BCUT2D eigenvalue weighted by Crippen LogP contribution is 2.32. The second-order valence-electron chi connectivity index (χ2n) is 4.02. The van der Waals surface area contributed by atoms with E-state index in [1.165, 1.54) is 27.9 Å². The van der Waals surface area contributed by atoms with Gasteiger partial charge < -0.3 is 0 Å². The summed E-state index contributed by atoms with van der Waals surface area (Å²) in [5.41, 5.74) is -0.850. The maximum Gasteiger partial charge on any atom is 0.309 e. The van der Waals surface area contributed by atoms with Crippen molar-refractivity contribution in [3.63, 3.8) is 0 Å². The first kappa shape index (κ1) is 14.5. The molecular formula is C10H13FN2O4S. The second kappa shape index (κ2) is 4.62. The summed E-state index contributed by atoms with van der Waals surface area (Å²) >= 11 is 0. The molecule has 0 radical (unpaired) electrons. The third-order valence-corrected chi connectivity index (χ3v) is 4.65. The van der Waals surface area contributed by atoms with E-state index in [4.69, 9.17) is 0 Å². The molecule has 1 aromatic rings. The summed E-state index contributed by atoms with van der Waals surface area (Å²) in [4.78, 5) is 9.62. The molecule has 0 fully saturated rings. The molecule has 0 spiro atoms. The quantitative estimate of drug-likeness (QED) is 0.620. The Morgan fingerprint density at radius 3 is 2.22 bits per heavy atom. The molecule has 0 aliphatic carbocycles. The maximum atomic E-state index is 13.5. The average Bonchev–Trinajstić information content (AvgIpc) is 2.14. The van der Waals surface area contributed by atoms with Crippen LogP contribution in [0.4, 0.5) is 10.1 Å². The van der Waals surface area contributed by atoms with Crippen molar-refractivity contribution in [1.29, 1.82) is 0 Å². The Kier molecular flexibility index (Phi) is 3.72. The first-order valence-corrected chi connectivity index (χ1v) is 6.41. The number of rotatable bonds is 3. The number of hydrogen-bond acceptors (Lipinski definition) is 4. The van der Waals surface area contributed by atoms with Gasteiger partial charge in [-0.2, -0.15) is 4.39 Å². The second-order valence-corrected chi connectivity index (χ2v) is 6.11. The summed E-state index contributed by atoms with van der Waals surface area (Å²) in [6, 6.07) is 0.863. The van der Waals surface area contributed by atoms with Gasteiger partial charge in [0.1, 0.15) is 0 Å². The normalized spacial score (nSPS) is 11.9. The van der Waals surface area contributed by atoms with Crippen molar-refractivity contribution < 1.29 is 17.7 Å². The van der Waals surface area contributed by atoms with Gasteiger partial charge in [-0.15, -0.1) is 0 Å². The lowest BCUT2D eigenvalue weighted by molar-refractivity contribution is -0.388. The van der Waals surface area contributed by atoms with Gasteiger partial charge in [0, 0.05) is 14.1 Å². The van der Waals surface area contributed by atoms with E-state index in [-0.39, 0.29) is 16.0 Å². The van der Waals surface area contributed by atoms with Gasteiger partial charge in [0.05, 0.1) is 15.4 Å². The van der Waals surface area contributed by atoms with Gasteiger partial charge in [-0.1, -0.05) is 0 Å². The number of nitro benzene ring substituents is 1. The molecule has 0 atom stereocenters. The largest absolute Gasteiger partial charge is 0.309 e. The Bertz CT molecular complexity index is 611. The maximum absolute atomic E-state index is 13.5. The molecule has 1 rings (SSSR count). The Morgan fingerprint density at radius 2 is 1.83 bits per heavy atom. The Labute approximate surface area is 104 Å². The average molecular weight is 276 g/mol. The van der Waals surface area contributed by atoms with Gasteiger partial charge in [0.2, 0.25) is 15.8 Å². The van der Waals surface area contributed by atoms with Gasteiger partial charge in [0.25, 0.3) is 0 Å². The van der Waals surface area contributed by atoms with Crippen molar-refractivity contribution >= 4 is 15.7 Å². The first-order valence-electron chi connectivity index (χ1n) is 4.97. The first-order chi connectivity index (χ1) is 8.10. The molecular weight excluding hydrogens is 263 g/mol. The fourth-order valence-corrected chi connectivity index (χ4v) is 3.02. The molecule has 1 aromatic carbocycles. The third kappa shape index (κ3) is 2.21. The number of nitrogens with zero attached hydrogens (tertiary/aromatic N) is 2. The van der Waals surface area contributed by atoms with Crippen LogP contribution in [0.25, 0.3) is 0 Å². The van der Waals surface area contributed by atoms with Crippen molar-refractivity contribution in [2.45, 2.75) is 18.7 Å². The van der Waals surface area contributed by atoms with Crippen molar-refractivity contribution in [3.8, 4) is 0 Å². The van der Waals surface area contributed by atoms with E-state index in [1.807, 2.05) is 0 Å². The van der Waals surface area contributed by atoms with E-state index in [2.05, 4.69) is 0 Å². The predicted octanol–water partition coefficient (Wildman–Crippen LogP) is 1.60. The lowest BCUT2D eigenvalue weighted by Crippen LogP contribution is -2.24. The fourth-order valence-electron chi connectivity index (χ4n) is 1.71. The van der Waals surface area contributed by atoms with Gasteiger partial charge in [0.15, 0.2) is 0 Å². The lowest BCUT2D eigenvalue weighted by atomic mass is 10.1. The van der Waals surface area contributed by atoms with E-state index < -0.39 is 26.5 Å². The number of benzene rings is 1. The summed E-state index contributed by atoms with van der Waals surface area (Å²) < 4.78 is 38.5. The topological polar surface area (TPSA) is 80.5 Å². The van der Waals surface area contributed by atoms with Crippen LogP contribution in [-0.2, 0) is 10.0 Å². The van der Waals surface area contributed by atoms with Crippen molar-refractivity contribution in [1.82, 2.24) is 4.31 Å². The summed E-state index contributed by atoms with van der Waals surface area (Å²) in [6.07, 6.45) is 0. The minimum atomic E-state index is -3.85. The fraction of sp³-hybridized carbons (Fsp3) is 0.400. The SMILES string of the molecule is Cc1cc(F)c([N+](=O)[O-])c(C)c1S(=O)(=O)N(C)C. The molecule has 0 heterocycles. The van der Waals surface area contributed by atoms with E-state index in [1.54, 1.807) is 0 Å². The molecule has 0 aliphatic rings. The molecule has 0 unspecified atom stereocenters. The minimum absolute atomic E-state index is 0.143. The van der Waals surface area contributed by atoms with Gasteiger partial charge in [-0.3, -0.25) is 10.1 Å². The van der Waals surface area contributed by atoms with Gasteiger partial charge in [-0.25, -0.2) is 12.7 Å². The highest BCUT2D eigenvalue weighted by atomic mass is 32.2. The molecule has 100 valence electrons. The van der Waals surface area contributed by atoms with E-state index in [0.29, 0.717) is 0 Å². The van der Waals surface area contributed by atoms with Crippen LogP contribution in [0.15, 0.2) is 11.0 Å². The molecule has 8 heteroatoms. The molecule has 0 aliphatic heterocycles. The summed E-state index contributed by atoms with van der Waals surface area (Å²) in [6.45, 7) is 2.63. The minimum Gasteiger partial charge on any atom is -0.258 e. The summed E-state index contributed by atoms with van der Waals surface area (Å²) in [7, 11) is -1.23. The van der Waals surface area contributed by atoms with Crippen LogP contribution >= 0.6 is 0 Å². The Hall–Kier alpha value is -1.54. The van der Waals surface area contributed by atoms with Crippen LogP contribution in [-0.4, -0.2) is 31.7 Å². The van der Waals surface area contributed by atoms with Gasteiger partial charge in [-0.05, 0) is 25.5 Å². The zero-order valence-electron chi connectivity index (χ0n) is 10.4. The number of hydrogen-bond donors (Lipinski definition) is 0. The van der Waals surface area contributed by atoms with E-state index in [9.17, 15) is 22.9 Å². The monoisotopic (exact) mass is 276 g/mol. The summed E-state index contributed by atoms with van der Waals surface area (Å²) in [5.74, 6) is -1.03. The third-order valence-electron chi connectivity index (χ3n) is 2.54. The standard InChI is InChI=1S/C10H13FN2O4S/c1-6-5-8(11)9(13(14)15)7(2)10(6)18(16,17)12(3)4/h5H,1-4H3. The van der Waals surface area contributed by atoms with Crippen LogP contribution in [0.2, 0.25) is 0 Å². The Balaban J connectivity index is 3.78. The van der Waals surface area contributed by atoms with E-state index in [0.717, 1.165) is 10.4 Å². The van der Waals surface area contributed by atoms with Crippen LogP contribution < -0.4 is 0 Å². The number of halogens is 1. The van der Waals surface area contributed by atoms with Crippen LogP contribution in [0.5, 0.6) is 0 Å². The molecule has 0 saturated carbocycles. The molecule has 0 bridgehead atoms. The van der Waals surface area contributed by atoms with Gasteiger partial charge >= 0.3 is 5.69 Å². The van der Waals surface area contributed by atoms with Crippen molar-refractivity contribution in [2.24, 2.45) is 0 Å². The van der Waals surface area contributed by atoms with E-state index >= 15 is 0 Å². The highest BCUT2D eigenvalue weighted by molar-refractivity contribution is 7.89. The smallest absolute Gasteiger partial charge is 0.258 e. The molecule has 0 aromatic heterocycles. The molecule has 6 nitrogen and oxygen atoms in total. The Morgan fingerprint density at radius 1 is 1.33 bits per heavy atom. The van der Waals surface area contributed by atoms with Crippen LogP contribution in [0, 0.1) is 29.8 Å².